The van der Waals surface area contributed by atoms with Gasteiger partial charge in [-0.05, 0) is 29.0 Å². The third-order valence-electron chi connectivity index (χ3n) is 6.44. The number of hydrogen-bond acceptors (Lipinski definition) is 4. The summed E-state index contributed by atoms with van der Waals surface area (Å²) in [5.41, 5.74) is 2.80. The van der Waals surface area contributed by atoms with Crippen molar-refractivity contribution in [2.45, 2.75) is 43.9 Å². The van der Waals surface area contributed by atoms with E-state index in [0.29, 0.717) is 5.92 Å². The third-order valence-corrected chi connectivity index (χ3v) is 6.88. The van der Waals surface area contributed by atoms with Crippen LogP contribution in [0.2, 0.25) is 0 Å². The van der Waals surface area contributed by atoms with Gasteiger partial charge in [0.25, 0.3) is 0 Å². The van der Waals surface area contributed by atoms with Crippen LogP contribution in [0.15, 0.2) is 97.3 Å². The van der Waals surface area contributed by atoms with Crippen molar-refractivity contribution in [1.29, 1.82) is 0 Å². The molecule has 0 amide bonds. The standard InChI is InChI=1S/C28H31N3S.HO3P/c1-3-22(4-2)20-26(32)27-29-21-31(30-27)28(23-14-8-5-9-15-23,24-16-10-6-11-17-24)25-18-12-7-13-19-25;1-4(2)3/h5-19,21-22,26,32H,3-4,20H2,1-2H3;(H-,1,2,3)/p+1. The van der Waals surface area contributed by atoms with Crippen molar-refractivity contribution < 1.29 is 14.4 Å². The summed E-state index contributed by atoms with van der Waals surface area (Å²) in [6.07, 6.45) is 5.15. The molecule has 1 aromatic heterocycles. The lowest BCUT2D eigenvalue weighted by Crippen LogP contribution is -2.38. The second kappa shape index (κ2) is 13.5. The summed E-state index contributed by atoms with van der Waals surface area (Å²) in [5, 5.41) is 5.08. The zero-order valence-electron chi connectivity index (χ0n) is 20.6. The smallest absolute Gasteiger partial charge is 0.233 e. The van der Waals surface area contributed by atoms with Gasteiger partial charge in [-0.1, -0.05) is 118 Å². The SMILES string of the molecule is CCC(CC)CC(S)c1ncn(C(c2ccccc2)(c2ccccc2)c2ccccc2)n1.O=[P+](O)O. The molecule has 0 aliphatic heterocycles. The fraction of sp³-hybridized carbons (Fsp3) is 0.286. The molecule has 4 rings (SSSR count). The number of nitrogens with zero attached hydrogens (tertiary/aromatic N) is 3. The van der Waals surface area contributed by atoms with Crippen LogP contribution in [0.3, 0.4) is 0 Å². The minimum absolute atomic E-state index is 0.0150. The van der Waals surface area contributed by atoms with Gasteiger partial charge in [0.15, 0.2) is 5.82 Å². The van der Waals surface area contributed by atoms with E-state index in [2.05, 4.69) is 105 Å². The van der Waals surface area contributed by atoms with Crippen molar-refractivity contribution in [3.8, 4) is 0 Å². The molecule has 3 aromatic carbocycles. The molecule has 8 heteroatoms. The maximum absolute atomic E-state index is 8.70. The lowest BCUT2D eigenvalue weighted by atomic mass is 9.77. The Bertz CT molecular complexity index is 1100. The van der Waals surface area contributed by atoms with Crippen LogP contribution in [0.5, 0.6) is 0 Å². The predicted octanol–water partition coefficient (Wildman–Crippen LogP) is 6.54. The molecular formula is C28H33N3O3PS+. The minimum atomic E-state index is -2.87. The van der Waals surface area contributed by atoms with E-state index in [1.54, 1.807) is 0 Å². The van der Waals surface area contributed by atoms with Gasteiger partial charge in [-0.2, -0.15) is 17.7 Å². The first-order chi connectivity index (χ1) is 17.4. The van der Waals surface area contributed by atoms with E-state index in [9.17, 15) is 0 Å². The molecule has 0 spiro atoms. The van der Waals surface area contributed by atoms with Gasteiger partial charge in [-0.25, -0.2) is 9.67 Å². The topological polar surface area (TPSA) is 88.2 Å². The second-order valence-corrected chi connectivity index (χ2v) is 9.67. The lowest BCUT2D eigenvalue weighted by Gasteiger charge is -2.36. The molecule has 1 heterocycles. The molecular weight excluding hydrogens is 489 g/mol. The number of hydrogen-bond donors (Lipinski definition) is 3. The van der Waals surface area contributed by atoms with E-state index in [0.717, 1.165) is 41.8 Å². The Morgan fingerprint density at radius 1 is 0.833 bits per heavy atom. The average Bonchev–Trinajstić information content (AvgIpc) is 3.40. The van der Waals surface area contributed by atoms with E-state index >= 15 is 0 Å². The quantitative estimate of drug-likeness (QED) is 0.132. The Kier molecular flexibility index (Phi) is 10.4. The first kappa shape index (κ1) is 27.8. The molecule has 36 heavy (non-hydrogen) atoms. The number of benzene rings is 3. The molecule has 0 aliphatic carbocycles. The van der Waals surface area contributed by atoms with E-state index in [4.69, 9.17) is 37.1 Å². The van der Waals surface area contributed by atoms with Crippen LogP contribution in [0, 0.1) is 5.92 Å². The predicted molar refractivity (Wildman–Crippen MR) is 147 cm³/mol. The highest BCUT2D eigenvalue weighted by Gasteiger charge is 2.39. The fourth-order valence-corrected chi connectivity index (χ4v) is 4.98. The molecule has 0 radical (unpaired) electrons. The molecule has 1 unspecified atom stereocenters. The van der Waals surface area contributed by atoms with Gasteiger partial charge in [-0.15, -0.1) is 9.79 Å². The normalized spacial score (nSPS) is 12.1. The summed E-state index contributed by atoms with van der Waals surface area (Å²) in [4.78, 5) is 19.0. The van der Waals surface area contributed by atoms with E-state index in [1.165, 1.54) is 0 Å². The Morgan fingerprint density at radius 2 is 1.22 bits per heavy atom. The summed E-state index contributed by atoms with van der Waals surface area (Å²) < 4.78 is 10.7. The zero-order chi connectivity index (χ0) is 26.0. The highest BCUT2D eigenvalue weighted by Crippen LogP contribution is 2.40. The monoisotopic (exact) mass is 522 g/mol. The average molecular weight is 523 g/mol. The lowest BCUT2D eigenvalue weighted by molar-refractivity contribution is 0.405. The number of thiol groups is 1. The number of rotatable bonds is 9. The first-order valence-electron chi connectivity index (χ1n) is 12.0. The Labute approximate surface area is 219 Å². The number of aromatic nitrogens is 3. The van der Waals surface area contributed by atoms with Gasteiger partial charge < -0.3 is 0 Å². The highest BCUT2D eigenvalue weighted by molar-refractivity contribution is 7.80. The van der Waals surface area contributed by atoms with Gasteiger partial charge in [0.2, 0.25) is 0 Å². The summed E-state index contributed by atoms with van der Waals surface area (Å²) >= 11 is 4.90. The maximum atomic E-state index is 8.70. The van der Waals surface area contributed by atoms with Gasteiger partial charge in [0.05, 0.1) is 5.25 Å². The van der Waals surface area contributed by atoms with Crippen LogP contribution in [0.25, 0.3) is 0 Å². The molecule has 0 fully saturated rings. The van der Waals surface area contributed by atoms with Crippen molar-refractivity contribution >= 4 is 20.9 Å². The molecule has 0 bridgehead atoms. The summed E-state index contributed by atoms with van der Waals surface area (Å²) in [6.45, 7) is 4.48. The van der Waals surface area contributed by atoms with Gasteiger partial charge >= 0.3 is 8.25 Å². The van der Waals surface area contributed by atoms with Gasteiger partial charge in [0, 0.05) is 4.57 Å². The maximum Gasteiger partial charge on any atom is 0.692 e. The second-order valence-electron chi connectivity index (χ2n) is 8.54. The van der Waals surface area contributed by atoms with Crippen molar-refractivity contribution in [3.05, 3.63) is 120 Å². The third kappa shape index (κ3) is 6.48. The summed E-state index contributed by atoms with van der Waals surface area (Å²) in [5.74, 6) is 1.42. The molecule has 0 saturated carbocycles. The fourth-order valence-electron chi connectivity index (χ4n) is 4.57. The van der Waals surface area contributed by atoms with Crippen molar-refractivity contribution in [3.63, 3.8) is 0 Å². The minimum Gasteiger partial charge on any atom is -0.233 e. The van der Waals surface area contributed by atoms with Crippen molar-refractivity contribution in [2.75, 3.05) is 0 Å². The van der Waals surface area contributed by atoms with Gasteiger partial charge in [-0.3, -0.25) is 0 Å². The molecule has 4 aromatic rings. The van der Waals surface area contributed by atoms with Crippen LogP contribution < -0.4 is 0 Å². The van der Waals surface area contributed by atoms with Crippen molar-refractivity contribution in [2.24, 2.45) is 5.92 Å². The highest BCUT2D eigenvalue weighted by atomic mass is 32.1. The molecule has 1 atom stereocenters. The summed E-state index contributed by atoms with van der Waals surface area (Å²) in [6, 6.07) is 31.7. The van der Waals surface area contributed by atoms with E-state index in [-0.39, 0.29) is 5.25 Å². The Morgan fingerprint density at radius 3 is 1.58 bits per heavy atom. The van der Waals surface area contributed by atoms with Gasteiger partial charge in [0.1, 0.15) is 11.9 Å². The zero-order valence-corrected chi connectivity index (χ0v) is 22.3. The Hall–Kier alpha value is -2.83. The largest absolute Gasteiger partial charge is 0.692 e. The Balaban J connectivity index is 0.000000840. The van der Waals surface area contributed by atoms with Crippen LogP contribution in [0.1, 0.15) is 60.9 Å². The first-order valence-corrected chi connectivity index (χ1v) is 13.7. The van der Waals surface area contributed by atoms with E-state index < -0.39 is 13.8 Å². The molecule has 6 nitrogen and oxygen atoms in total. The van der Waals surface area contributed by atoms with Crippen LogP contribution in [-0.2, 0) is 10.1 Å². The van der Waals surface area contributed by atoms with Crippen molar-refractivity contribution in [1.82, 2.24) is 14.8 Å². The van der Waals surface area contributed by atoms with Crippen LogP contribution in [-0.4, -0.2) is 24.6 Å². The van der Waals surface area contributed by atoms with E-state index in [1.807, 2.05) is 11.0 Å². The summed E-state index contributed by atoms with van der Waals surface area (Å²) in [7, 11) is -2.87. The molecule has 188 valence electrons. The molecule has 2 N–H and O–H groups in total. The molecule has 0 aliphatic rings. The van der Waals surface area contributed by atoms with Crippen LogP contribution in [0.4, 0.5) is 0 Å². The van der Waals surface area contributed by atoms with Crippen LogP contribution >= 0.6 is 20.9 Å². The molecule has 0 saturated heterocycles.